The molecule has 20 heavy (non-hydrogen) atoms. The van der Waals surface area contributed by atoms with Gasteiger partial charge in [-0.15, -0.1) is 0 Å². The van der Waals surface area contributed by atoms with E-state index in [-0.39, 0.29) is 0 Å². The fraction of sp³-hybridized carbons (Fsp3) is 0.133. The summed E-state index contributed by atoms with van der Waals surface area (Å²) in [7, 11) is 1.92. The highest BCUT2D eigenvalue weighted by Crippen LogP contribution is 2.30. The lowest BCUT2D eigenvalue weighted by molar-refractivity contribution is 0.555. The van der Waals surface area contributed by atoms with Crippen LogP contribution in [0.15, 0.2) is 45.6 Å². The first kappa shape index (κ1) is 12.3. The maximum absolute atomic E-state index is 11.2. The van der Waals surface area contributed by atoms with Crippen molar-refractivity contribution in [3.05, 3.63) is 52.5 Å². The van der Waals surface area contributed by atoms with Crippen molar-refractivity contribution in [1.82, 2.24) is 4.98 Å². The first-order valence-corrected chi connectivity index (χ1v) is 6.27. The highest BCUT2D eigenvalue weighted by molar-refractivity contribution is 5.81. The molecule has 0 aliphatic rings. The number of anilines is 3. The Labute approximate surface area is 115 Å². The van der Waals surface area contributed by atoms with Gasteiger partial charge in [0.15, 0.2) is 5.58 Å². The first-order chi connectivity index (χ1) is 9.54. The van der Waals surface area contributed by atoms with E-state index in [0.29, 0.717) is 16.8 Å². The average molecular weight is 269 g/mol. The highest BCUT2D eigenvalue weighted by Gasteiger charge is 2.10. The third-order valence-electron chi connectivity index (χ3n) is 3.34. The van der Waals surface area contributed by atoms with Crippen LogP contribution in [0.5, 0.6) is 0 Å². The second-order valence-corrected chi connectivity index (χ2v) is 4.82. The molecule has 0 fully saturated rings. The van der Waals surface area contributed by atoms with Crippen molar-refractivity contribution in [2.45, 2.75) is 6.92 Å². The molecule has 0 aliphatic heterocycles. The van der Waals surface area contributed by atoms with Gasteiger partial charge in [-0.3, -0.25) is 4.98 Å². The van der Waals surface area contributed by atoms with Crippen LogP contribution in [0.1, 0.15) is 5.56 Å². The molecule has 0 radical (unpaired) electrons. The Kier molecular flexibility index (Phi) is 2.75. The Morgan fingerprint density at radius 1 is 1.20 bits per heavy atom. The maximum Gasteiger partial charge on any atom is 0.417 e. The number of oxazole rings is 1. The van der Waals surface area contributed by atoms with Gasteiger partial charge in [-0.05, 0) is 36.8 Å². The van der Waals surface area contributed by atoms with Gasteiger partial charge in [0.1, 0.15) is 0 Å². The van der Waals surface area contributed by atoms with Gasteiger partial charge in [0, 0.05) is 18.8 Å². The molecule has 0 amide bonds. The van der Waals surface area contributed by atoms with Crippen molar-refractivity contribution in [3.8, 4) is 0 Å². The molecule has 3 rings (SSSR count). The molecule has 1 heterocycles. The van der Waals surface area contributed by atoms with Crippen molar-refractivity contribution in [2.75, 3.05) is 17.7 Å². The molecular weight excluding hydrogens is 254 g/mol. The molecule has 1 aromatic heterocycles. The Bertz CT molecular complexity index is 832. The van der Waals surface area contributed by atoms with Gasteiger partial charge < -0.3 is 15.1 Å². The van der Waals surface area contributed by atoms with E-state index in [0.717, 1.165) is 16.9 Å². The smallest absolute Gasteiger partial charge is 0.408 e. The van der Waals surface area contributed by atoms with E-state index in [4.69, 9.17) is 10.2 Å². The Hall–Kier alpha value is -2.69. The molecule has 0 bridgehead atoms. The summed E-state index contributed by atoms with van der Waals surface area (Å²) < 4.78 is 5.07. The number of hydrogen-bond acceptors (Lipinski definition) is 4. The van der Waals surface area contributed by atoms with Crippen LogP contribution in [0.2, 0.25) is 0 Å². The number of rotatable bonds is 2. The van der Waals surface area contributed by atoms with Crippen molar-refractivity contribution in [3.63, 3.8) is 0 Å². The molecule has 2 aromatic carbocycles. The molecule has 0 saturated heterocycles. The summed E-state index contributed by atoms with van der Waals surface area (Å²) in [6.45, 7) is 2.00. The summed E-state index contributed by atoms with van der Waals surface area (Å²) in [5, 5.41) is 0. The largest absolute Gasteiger partial charge is 0.417 e. The number of benzene rings is 2. The van der Waals surface area contributed by atoms with E-state index in [1.807, 2.05) is 55.3 Å². The number of aromatic amines is 1. The molecule has 0 atom stereocenters. The lowest BCUT2D eigenvalue weighted by Gasteiger charge is -2.21. The Balaban J connectivity index is 2.06. The predicted molar refractivity (Wildman–Crippen MR) is 80.5 cm³/mol. The van der Waals surface area contributed by atoms with E-state index in [2.05, 4.69) is 4.98 Å². The quantitative estimate of drug-likeness (QED) is 0.701. The Morgan fingerprint density at radius 3 is 2.75 bits per heavy atom. The van der Waals surface area contributed by atoms with Crippen LogP contribution in [0.25, 0.3) is 11.1 Å². The van der Waals surface area contributed by atoms with E-state index >= 15 is 0 Å². The van der Waals surface area contributed by atoms with Gasteiger partial charge in [0.05, 0.1) is 16.9 Å². The summed E-state index contributed by atoms with van der Waals surface area (Å²) in [6, 6.07) is 11.5. The second kappa shape index (κ2) is 4.45. The molecule has 0 unspecified atom stereocenters. The van der Waals surface area contributed by atoms with Gasteiger partial charge in [-0.1, -0.05) is 6.07 Å². The van der Waals surface area contributed by atoms with Crippen molar-refractivity contribution in [2.24, 2.45) is 0 Å². The molecule has 0 spiro atoms. The SMILES string of the molecule is Cc1ccc(N(C)c2ccc3[nH]c(=O)oc3c2)c(N)c1. The number of hydrogen-bond donors (Lipinski definition) is 2. The summed E-state index contributed by atoms with van der Waals surface area (Å²) >= 11 is 0. The minimum absolute atomic E-state index is 0.449. The summed E-state index contributed by atoms with van der Waals surface area (Å²) in [5.41, 5.74) is 10.9. The fourth-order valence-electron chi connectivity index (χ4n) is 2.26. The van der Waals surface area contributed by atoms with Crippen LogP contribution < -0.4 is 16.4 Å². The standard InChI is InChI=1S/C15H15N3O2/c1-9-3-6-13(11(16)7-9)18(2)10-4-5-12-14(8-10)20-15(19)17-12/h3-8H,16H2,1-2H3,(H,17,19). The van der Waals surface area contributed by atoms with Gasteiger partial charge in [0.2, 0.25) is 0 Å². The van der Waals surface area contributed by atoms with Gasteiger partial charge in [-0.25, -0.2) is 4.79 Å². The molecule has 5 heteroatoms. The zero-order valence-electron chi connectivity index (χ0n) is 11.3. The molecule has 0 saturated carbocycles. The zero-order valence-corrected chi connectivity index (χ0v) is 11.3. The predicted octanol–water partition coefficient (Wildman–Crippen LogP) is 2.78. The number of fused-ring (bicyclic) bond motifs is 1. The van der Waals surface area contributed by atoms with Crippen molar-refractivity contribution < 1.29 is 4.42 Å². The number of nitrogens with one attached hydrogen (secondary N) is 1. The maximum atomic E-state index is 11.2. The van der Waals surface area contributed by atoms with E-state index < -0.39 is 5.76 Å². The number of aryl methyl sites for hydroxylation is 1. The third kappa shape index (κ3) is 2.03. The minimum Gasteiger partial charge on any atom is -0.408 e. The van der Waals surface area contributed by atoms with E-state index in [1.165, 1.54) is 0 Å². The second-order valence-electron chi connectivity index (χ2n) is 4.82. The zero-order chi connectivity index (χ0) is 14.3. The molecule has 3 aromatic rings. The molecule has 5 nitrogen and oxygen atoms in total. The monoisotopic (exact) mass is 269 g/mol. The number of nitrogens with two attached hydrogens (primary N) is 1. The number of aromatic nitrogens is 1. The van der Waals surface area contributed by atoms with Crippen molar-refractivity contribution in [1.29, 1.82) is 0 Å². The topological polar surface area (TPSA) is 75.3 Å². The molecule has 3 N–H and O–H groups in total. The normalized spacial score (nSPS) is 10.9. The Morgan fingerprint density at radius 2 is 2.00 bits per heavy atom. The first-order valence-electron chi connectivity index (χ1n) is 6.27. The van der Waals surface area contributed by atoms with Crippen molar-refractivity contribution >= 4 is 28.2 Å². The molecular formula is C15H15N3O2. The summed E-state index contributed by atoms with van der Waals surface area (Å²) in [6.07, 6.45) is 0. The van der Waals surface area contributed by atoms with Crippen LogP contribution in [-0.4, -0.2) is 12.0 Å². The van der Waals surface area contributed by atoms with Gasteiger partial charge in [0.25, 0.3) is 0 Å². The fourth-order valence-corrected chi connectivity index (χ4v) is 2.26. The minimum atomic E-state index is -0.449. The van der Waals surface area contributed by atoms with Gasteiger partial charge >= 0.3 is 5.76 Å². The lowest BCUT2D eigenvalue weighted by atomic mass is 10.1. The summed E-state index contributed by atoms with van der Waals surface area (Å²) in [5.74, 6) is -0.449. The molecule has 0 aliphatic carbocycles. The average Bonchev–Trinajstić information content (AvgIpc) is 2.77. The highest BCUT2D eigenvalue weighted by atomic mass is 16.4. The number of nitrogens with zero attached hydrogens (tertiary/aromatic N) is 1. The summed E-state index contributed by atoms with van der Waals surface area (Å²) in [4.78, 5) is 15.8. The van der Waals surface area contributed by atoms with Gasteiger partial charge in [-0.2, -0.15) is 0 Å². The lowest BCUT2D eigenvalue weighted by Crippen LogP contribution is -2.11. The number of nitrogen functional groups attached to an aromatic ring is 1. The van der Waals surface area contributed by atoms with Crippen LogP contribution in [-0.2, 0) is 0 Å². The number of H-pyrrole nitrogens is 1. The van der Waals surface area contributed by atoms with E-state index in [1.54, 1.807) is 0 Å². The van der Waals surface area contributed by atoms with Crippen LogP contribution in [0.3, 0.4) is 0 Å². The molecule has 102 valence electrons. The van der Waals surface area contributed by atoms with Crippen LogP contribution in [0.4, 0.5) is 17.1 Å². The van der Waals surface area contributed by atoms with Crippen LogP contribution >= 0.6 is 0 Å². The van der Waals surface area contributed by atoms with Crippen LogP contribution in [0, 0.1) is 6.92 Å². The van der Waals surface area contributed by atoms with E-state index in [9.17, 15) is 4.79 Å². The third-order valence-corrected chi connectivity index (χ3v) is 3.34.